The van der Waals surface area contributed by atoms with Crippen LogP contribution in [0.1, 0.15) is 5.56 Å². The number of hydrogen-bond donors (Lipinski definition) is 0. The van der Waals surface area contributed by atoms with Gasteiger partial charge in [0.05, 0.1) is 18.7 Å². The largest absolute Gasteiger partial charge is 0.497 e. The van der Waals surface area contributed by atoms with Crippen LogP contribution in [0.5, 0.6) is 5.75 Å². The lowest BCUT2D eigenvalue weighted by Gasteiger charge is -2.08. The molecule has 1 aliphatic heterocycles. The zero-order chi connectivity index (χ0) is 14.7. The summed E-state index contributed by atoms with van der Waals surface area (Å²) in [6.07, 6.45) is 3.81. The first-order chi connectivity index (χ1) is 10.3. The highest BCUT2D eigenvalue weighted by atomic mass is 32.2. The number of methoxy groups -OCH3 is 1. The molecule has 1 aromatic heterocycles. The molecule has 0 spiro atoms. The van der Waals surface area contributed by atoms with Crippen molar-refractivity contribution in [1.29, 1.82) is 0 Å². The van der Waals surface area contributed by atoms with E-state index in [2.05, 4.69) is 26.7 Å². The van der Waals surface area contributed by atoms with Gasteiger partial charge in [0.1, 0.15) is 5.75 Å². The van der Waals surface area contributed by atoms with E-state index in [0.29, 0.717) is 5.25 Å². The summed E-state index contributed by atoms with van der Waals surface area (Å²) in [6.45, 7) is 0.878. The predicted octanol–water partition coefficient (Wildman–Crippen LogP) is 3.08. The van der Waals surface area contributed by atoms with Crippen molar-refractivity contribution in [2.45, 2.75) is 10.4 Å². The molecule has 1 aliphatic rings. The Morgan fingerprint density at radius 1 is 1.38 bits per heavy atom. The second-order valence-electron chi connectivity index (χ2n) is 4.75. The molecule has 3 rings (SSSR count). The Morgan fingerprint density at radius 3 is 2.86 bits per heavy atom. The van der Waals surface area contributed by atoms with Crippen LogP contribution in [0.2, 0.25) is 0 Å². The van der Waals surface area contributed by atoms with Gasteiger partial charge >= 0.3 is 0 Å². The quantitative estimate of drug-likeness (QED) is 0.794. The number of aryl methyl sites for hydroxylation is 1. The number of aromatic nitrogens is 2. The molecule has 0 aliphatic carbocycles. The van der Waals surface area contributed by atoms with E-state index in [4.69, 9.17) is 4.74 Å². The van der Waals surface area contributed by atoms with E-state index >= 15 is 0 Å². The molecule has 0 saturated carbocycles. The summed E-state index contributed by atoms with van der Waals surface area (Å²) in [5.74, 6) is 1.91. The van der Waals surface area contributed by atoms with Gasteiger partial charge in [-0.05, 0) is 24.3 Å². The Morgan fingerprint density at radius 2 is 2.19 bits per heavy atom. The Labute approximate surface area is 133 Å². The van der Waals surface area contributed by atoms with Crippen molar-refractivity contribution < 1.29 is 4.74 Å². The average Bonchev–Trinajstić information content (AvgIpc) is 3.14. The van der Waals surface area contributed by atoms with Crippen LogP contribution in [0.4, 0.5) is 0 Å². The molecule has 0 bridgehead atoms. The lowest BCUT2D eigenvalue weighted by Crippen LogP contribution is -2.07. The van der Waals surface area contributed by atoms with E-state index in [9.17, 15) is 0 Å². The minimum absolute atomic E-state index is 0.517. The van der Waals surface area contributed by atoms with Gasteiger partial charge in [0, 0.05) is 36.0 Å². The van der Waals surface area contributed by atoms with Crippen LogP contribution in [-0.2, 0) is 7.05 Å². The molecule has 1 atom stereocenters. The van der Waals surface area contributed by atoms with E-state index in [0.717, 1.165) is 28.2 Å². The van der Waals surface area contributed by atoms with E-state index < -0.39 is 0 Å². The van der Waals surface area contributed by atoms with Crippen molar-refractivity contribution in [3.63, 3.8) is 0 Å². The molecule has 21 heavy (non-hydrogen) atoms. The van der Waals surface area contributed by atoms with E-state index in [1.165, 1.54) is 5.56 Å². The standard InChI is InChI=1S/C15H17N3OS2/c1-18-8-7-16-15(18)20-10-13-9-17-14(21-13)11-3-5-12(19-2)6-4-11/h3-8,13H,9-10H2,1-2H3/t13-/m0/s1. The van der Waals surface area contributed by atoms with Gasteiger partial charge in [-0.15, -0.1) is 11.8 Å². The van der Waals surface area contributed by atoms with Crippen LogP contribution in [0.15, 0.2) is 46.8 Å². The summed E-state index contributed by atoms with van der Waals surface area (Å²) in [6, 6.07) is 8.10. The molecule has 0 N–H and O–H groups in total. The molecule has 6 heteroatoms. The number of rotatable bonds is 5. The summed E-state index contributed by atoms with van der Waals surface area (Å²) in [7, 11) is 3.71. The molecular weight excluding hydrogens is 302 g/mol. The van der Waals surface area contributed by atoms with Gasteiger partial charge in [-0.1, -0.05) is 11.8 Å². The number of benzene rings is 1. The molecular formula is C15H17N3OS2. The molecule has 2 heterocycles. The van der Waals surface area contributed by atoms with Gasteiger partial charge in [-0.3, -0.25) is 4.99 Å². The fourth-order valence-corrected chi connectivity index (χ4v) is 4.26. The third kappa shape index (κ3) is 3.44. The third-order valence-electron chi connectivity index (χ3n) is 3.23. The van der Waals surface area contributed by atoms with Crippen molar-refractivity contribution in [3.8, 4) is 5.75 Å². The van der Waals surface area contributed by atoms with Gasteiger partial charge in [0.2, 0.25) is 0 Å². The smallest absolute Gasteiger partial charge is 0.167 e. The minimum atomic E-state index is 0.517. The van der Waals surface area contributed by atoms with Crippen LogP contribution in [0, 0.1) is 0 Å². The molecule has 110 valence electrons. The Bertz CT molecular complexity index is 637. The first kappa shape index (κ1) is 14.5. The maximum absolute atomic E-state index is 5.18. The number of imidazole rings is 1. The third-order valence-corrected chi connectivity index (χ3v) is 5.90. The number of aliphatic imine (C=N–C) groups is 1. The molecule has 2 aromatic rings. The van der Waals surface area contributed by atoms with Crippen LogP contribution in [0.25, 0.3) is 0 Å². The van der Waals surface area contributed by atoms with E-state index in [1.54, 1.807) is 18.9 Å². The summed E-state index contributed by atoms with van der Waals surface area (Å²) in [5.41, 5.74) is 1.17. The second-order valence-corrected chi connectivity index (χ2v) is 7.02. The van der Waals surface area contributed by atoms with Gasteiger partial charge < -0.3 is 9.30 Å². The molecule has 0 saturated heterocycles. The normalized spacial score (nSPS) is 17.8. The molecule has 0 unspecified atom stereocenters. The topological polar surface area (TPSA) is 39.4 Å². The van der Waals surface area contributed by atoms with Crippen molar-refractivity contribution in [2.24, 2.45) is 12.0 Å². The van der Waals surface area contributed by atoms with Crippen molar-refractivity contribution in [2.75, 3.05) is 19.4 Å². The van der Waals surface area contributed by atoms with Crippen molar-refractivity contribution in [1.82, 2.24) is 9.55 Å². The van der Waals surface area contributed by atoms with Crippen LogP contribution in [-0.4, -0.2) is 39.3 Å². The first-order valence-corrected chi connectivity index (χ1v) is 8.58. The molecule has 1 aromatic carbocycles. The van der Waals surface area contributed by atoms with Crippen LogP contribution in [0.3, 0.4) is 0 Å². The molecule has 0 amide bonds. The fraction of sp³-hybridized carbons (Fsp3) is 0.333. The van der Waals surface area contributed by atoms with E-state index in [1.807, 2.05) is 43.3 Å². The van der Waals surface area contributed by atoms with Crippen molar-refractivity contribution >= 4 is 28.6 Å². The highest BCUT2D eigenvalue weighted by molar-refractivity contribution is 8.16. The van der Waals surface area contributed by atoms with Crippen molar-refractivity contribution in [3.05, 3.63) is 42.2 Å². The van der Waals surface area contributed by atoms with Gasteiger partial charge in [0.25, 0.3) is 0 Å². The number of thioether (sulfide) groups is 2. The second kappa shape index (κ2) is 6.58. The molecule has 0 fully saturated rings. The zero-order valence-corrected chi connectivity index (χ0v) is 13.7. The van der Waals surface area contributed by atoms with E-state index in [-0.39, 0.29) is 0 Å². The highest BCUT2D eigenvalue weighted by Gasteiger charge is 2.21. The highest BCUT2D eigenvalue weighted by Crippen LogP contribution is 2.30. The summed E-state index contributed by atoms with van der Waals surface area (Å²) in [4.78, 5) is 9.00. The summed E-state index contributed by atoms with van der Waals surface area (Å²) in [5, 5.41) is 2.71. The summed E-state index contributed by atoms with van der Waals surface area (Å²) >= 11 is 3.65. The Kier molecular flexibility index (Phi) is 4.55. The Hall–Kier alpha value is -1.40. The molecule has 4 nitrogen and oxygen atoms in total. The first-order valence-electron chi connectivity index (χ1n) is 6.72. The van der Waals surface area contributed by atoms with Gasteiger partial charge in [0.15, 0.2) is 5.16 Å². The van der Waals surface area contributed by atoms with Crippen LogP contribution < -0.4 is 4.74 Å². The predicted molar refractivity (Wildman–Crippen MR) is 89.7 cm³/mol. The number of ether oxygens (including phenoxy) is 1. The maximum atomic E-state index is 5.18. The van der Waals surface area contributed by atoms with Gasteiger partial charge in [-0.2, -0.15) is 0 Å². The Balaban J connectivity index is 1.55. The lowest BCUT2D eigenvalue weighted by molar-refractivity contribution is 0.415. The minimum Gasteiger partial charge on any atom is -0.497 e. The summed E-state index contributed by atoms with van der Waals surface area (Å²) < 4.78 is 7.24. The molecule has 0 radical (unpaired) electrons. The number of nitrogens with zero attached hydrogens (tertiary/aromatic N) is 3. The SMILES string of the molecule is COc1ccc(C2=NC[C@@H](CSc3nccn3C)S2)cc1. The van der Waals surface area contributed by atoms with Crippen LogP contribution >= 0.6 is 23.5 Å². The zero-order valence-electron chi connectivity index (χ0n) is 12.0. The lowest BCUT2D eigenvalue weighted by atomic mass is 10.2. The number of hydrogen-bond acceptors (Lipinski definition) is 5. The maximum Gasteiger partial charge on any atom is 0.167 e. The monoisotopic (exact) mass is 319 g/mol. The van der Waals surface area contributed by atoms with Gasteiger partial charge in [-0.25, -0.2) is 4.98 Å². The average molecular weight is 319 g/mol. The fourth-order valence-electron chi connectivity index (χ4n) is 2.06.